The Morgan fingerprint density at radius 3 is 2.84 bits per heavy atom. The number of aromatic nitrogens is 4. The summed E-state index contributed by atoms with van der Waals surface area (Å²) in [5, 5.41) is 7.40. The molecule has 2 aromatic heterocycles. The molecule has 0 spiro atoms. The third kappa shape index (κ3) is 5.61. The predicted octanol–water partition coefficient (Wildman–Crippen LogP) is 5.51. The highest BCUT2D eigenvalue weighted by molar-refractivity contribution is 9.10. The molecule has 1 saturated carbocycles. The number of carbonyl (C=O) groups excluding carboxylic acids is 1. The van der Waals surface area contributed by atoms with Crippen molar-refractivity contribution in [3.63, 3.8) is 0 Å². The number of hydrogen-bond acceptors (Lipinski definition) is 5. The van der Waals surface area contributed by atoms with Crippen LogP contribution in [0.3, 0.4) is 0 Å². The van der Waals surface area contributed by atoms with Crippen LogP contribution in [0.25, 0.3) is 22.3 Å². The van der Waals surface area contributed by atoms with Crippen LogP contribution in [0.5, 0.6) is 0 Å². The van der Waals surface area contributed by atoms with E-state index in [2.05, 4.69) is 42.2 Å². The number of hydrogen-bond donors (Lipinski definition) is 1. The fraction of sp³-hybridized carbons (Fsp3) is 0.478. The molecule has 1 N–H and O–H groups in total. The van der Waals surface area contributed by atoms with Gasteiger partial charge in [0.25, 0.3) is 0 Å². The standard InChI is InChI=1S/C23H28BrN5O2/c1-23(2,3)31-22(30)25-8-4-5-15-9-18(10-15)29-14-16(12-27-29)21-13-26-19-7-6-17(24)11-20(19)28-21/h6-7,11-15,18H,4-5,8-10H2,1-3H3,(H,25,30). The summed E-state index contributed by atoms with van der Waals surface area (Å²) in [6.45, 7) is 6.26. The molecule has 0 radical (unpaired) electrons. The zero-order valence-corrected chi connectivity index (χ0v) is 19.7. The minimum atomic E-state index is -0.455. The van der Waals surface area contributed by atoms with Crippen LogP contribution in [-0.4, -0.2) is 38.0 Å². The lowest BCUT2D eigenvalue weighted by Gasteiger charge is -2.35. The molecule has 31 heavy (non-hydrogen) atoms. The van der Waals surface area contributed by atoms with Gasteiger partial charge in [0.2, 0.25) is 0 Å². The average Bonchev–Trinajstić information content (AvgIpc) is 3.14. The lowest BCUT2D eigenvalue weighted by Crippen LogP contribution is -2.33. The summed E-state index contributed by atoms with van der Waals surface area (Å²) in [6, 6.07) is 6.33. The molecule has 0 unspecified atom stereocenters. The summed E-state index contributed by atoms with van der Waals surface area (Å²) in [6.07, 6.45) is 9.69. The molecule has 0 aliphatic heterocycles. The highest BCUT2D eigenvalue weighted by Gasteiger charge is 2.30. The van der Waals surface area contributed by atoms with Crippen molar-refractivity contribution in [1.82, 2.24) is 25.1 Å². The lowest BCUT2D eigenvalue weighted by molar-refractivity contribution is 0.0524. The first-order chi connectivity index (χ1) is 14.8. The molecule has 2 heterocycles. The third-order valence-electron chi connectivity index (χ3n) is 5.44. The molecule has 1 aromatic carbocycles. The van der Waals surface area contributed by atoms with Crippen molar-refractivity contribution in [3.05, 3.63) is 41.3 Å². The fourth-order valence-corrected chi connectivity index (χ4v) is 4.19. The van der Waals surface area contributed by atoms with Crippen molar-refractivity contribution in [1.29, 1.82) is 0 Å². The van der Waals surface area contributed by atoms with E-state index in [1.807, 2.05) is 45.2 Å². The van der Waals surface area contributed by atoms with Crippen LogP contribution in [0.15, 0.2) is 41.3 Å². The Hall–Kier alpha value is -2.48. The number of ether oxygens (including phenoxy) is 1. The first-order valence-electron chi connectivity index (χ1n) is 10.7. The zero-order valence-electron chi connectivity index (χ0n) is 18.1. The van der Waals surface area contributed by atoms with E-state index in [9.17, 15) is 4.79 Å². The molecule has 4 rings (SSSR count). The number of fused-ring (bicyclic) bond motifs is 1. The molecule has 164 valence electrons. The van der Waals surface area contributed by atoms with Gasteiger partial charge in [-0.2, -0.15) is 5.10 Å². The number of carbonyl (C=O) groups is 1. The molecule has 7 nitrogen and oxygen atoms in total. The van der Waals surface area contributed by atoms with E-state index in [-0.39, 0.29) is 6.09 Å². The van der Waals surface area contributed by atoms with Crippen LogP contribution in [0.4, 0.5) is 4.79 Å². The van der Waals surface area contributed by atoms with Gasteiger partial charge in [0.05, 0.1) is 35.2 Å². The number of benzene rings is 1. The topological polar surface area (TPSA) is 81.9 Å². The van der Waals surface area contributed by atoms with Gasteiger partial charge in [-0.3, -0.25) is 9.67 Å². The highest BCUT2D eigenvalue weighted by atomic mass is 79.9. The van der Waals surface area contributed by atoms with E-state index in [0.29, 0.717) is 18.5 Å². The first-order valence-corrected chi connectivity index (χ1v) is 11.5. The van der Waals surface area contributed by atoms with Gasteiger partial charge >= 0.3 is 6.09 Å². The van der Waals surface area contributed by atoms with Crippen LogP contribution >= 0.6 is 15.9 Å². The maximum atomic E-state index is 11.7. The van der Waals surface area contributed by atoms with Gasteiger partial charge in [0.15, 0.2) is 0 Å². The maximum absolute atomic E-state index is 11.7. The Morgan fingerprint density at radius 1 is 1.26 bits per heavy atom. The Kier molecular flexibility index (Phi) is 6.27. The van der Waals surface area contributed by atoms with Crippen LogP contribution in [0, 0.1) is 5.92 Å². The molecule has 1 aliphatic carbocycles. The number of alkyl carbamates (subject to hydrolysis) is 1. The summed E-state index contributed by atoms with van der Waals surface area (Å²) in [5.74, 6) is 0.677. The number of nitrogens with one attached hydrogen (secondary N) is 1. The third-order valence-corrected chi connectivity index (χ3v) is 5.94. The van der Waals surface area contributed by atoms with E-state index < -0.39 is 5.60 Å². The van der Waals surface area contributed by atoms with Gasteiger partial charge in [0, 0.05) is 22.8 Å². The molecule has 1 fully saturated rings. The van der Waals surface area contributed by atoms with E-state index in [1.54, 1.807) is 6.20 Å². The quantitative estimate of drug-likeness (QED) is 0.465. The van der Waals surface area contributed by atoms with E-state index >= 15 is 0 Å². The molecule has 1 amide bonds. The molecule has 0 saturated heterocycles. The SMILES string of the molecule is CC(C)(C)OC(=O)NCCCC1CC(n2cc(-c3cnc4ccc(Br)cc4n3)cn2)C1. The second-order valence-electron chi connectivity index (χ2n) is 9.16. The van der Waals surface area contributed by atoms with Crippen LogP contribution in [0.2, 0.25) is 0 Å². The van der Waals surface area contributed by atoms with Gasteiger partial charge in [0.1, 0.15) is 5.60 Å². The molecule has 8 heteroatoms. The molecular formula is C23H28BrN5O2. The van der Waals surface area contributed by atoms with Crippen molar-refractivity contribution in [2.45, 2.75) is 58.1 Å². The summed E-state index contributed by atoms with van der Waals surface area (Å²) < 4.78 is 8.30. The van der Waals surface area contributed by atoms with Crippen molar-refractivity contribution in [2.75, 3.05) is 6.54 Å². The highest BCUT2D eigenvalue weighted by Crippen LogP contribution is 2.40. The Morgan fingerprint density at radius 2 is 2.06 bits per heavy atom. The Labute approximate surface area is 190 Å². The fourth-order valence-electron chi connectivity index (χ4n) is 3.84. The average molecular weight is 486 g/mol. The predicted molar refractivity (Wildman–Crippen MR) is 124 cm³/mol. The van der Waals surface area contributed by atoms with Gasteiger partial charge < -0.3 is 10.1 Å². The second-order valence-corrected chi connectivity index (χ2v) is 10.1. The number of halogens is 1. The summed E-state index contributed by atoms with van der Waals surface area (Å²) in [5.41, 5.74) is 3.11. The first kappa shape index (κ1) is 21.7. The number of nitrogens with zero attached hydrogens (tertiary/aromatic N) is 4. The second kappa shape index (κ2) is 8.94. The summed E-state index contributed by atoms with van der Waals surface area (Å²) >= 11 is 3.49. The van der Waals surface area contributed by atoms with E-state index in [0.717, 1.165) is 52.4 Å². The molecule has 3 aromatic rings. The number of rotatable bonds is 6. The molecule has 0 bridgehead atoms. The summed E-state index contributed by atoms with van der Waals surface area (Å²) in [7, 11) is 0. The lowest BCUT2D eigenvalue weighted by atomic mass is 9.77. The minimum Gasteiger partial charge on any atom is -0.444 e. The van der Waals surface area contributed by atoms with Crippen molar-refractivity contribution in [2.24, 2.45) is 5.92 Å². The van der Waals surface area contributed by atoms with Crippen molar-refractivity contribution >= 4 is 33.1 Å². The zero-order chi connectivity index (χ0) is 22.0. The van der Waals surface area contributed by atoms with Crippen LogP contribution in [0.1, 0.15) is 52.5 Å². The van der Waals surface area contributed by atoms with Gasteiger partial charge in [-0.05, 0) is 70.6 Å². The Balaban J connectivity index is 1.25. The minimum absolute atomic E-state index is 0.341. The number of amides is 1. The maximum Gasteiger partial charge on any atom is 0.407 e. The molecular weight excluding hydrogens is 458 g/mol. The van der Waals surface area contributed by atoms with Gasteiger partial charge in [-0.25, -0.2) is 9.78 Å². The Bertz CT molecular complexity index is 1070. The van der Waals surface area contributed by atoms with Gasteiger partial charge in [-0.15, -0.1) is 0 Å². The summed E-state index contributed by atoms with van der Waals surface area (Å²) in [4.78, 5) is 20.9. The monoisotopic (exact) mass is 485 g/mol. The van der Waals surface area contributed by atoms with E-state index in [1.165, 1.54) is 0 Å². The van der Waals surface area contributed by atoms with E-state index in [4.69, 9.17) is 9.72 Å². The normalized spacial score (nSPS) is 18.6. The smallest absolute Gasteiger partial charge is 0.407 e. The van der Waals surface area contributed by atoms with Gasteiger partial charge in [-0.1, -0.05) is 15.9 Å². The van der Waals surface area contributed by atoms with Crippen molar-refractivity contribution < 1.29 is 9.53 Å². The molecule has 1 aliphatic rings. The molecule has 0 atom stereocenters. The largest absolute Gasteiger partial charge is 0.444 e. The van der Waals surface area contributed by atoms with Crippen molar-refractivity contribution in [3.8, 4) is 11.3 Å². The van der Waals surface area contributed by atoms with Crippen LogP contribution < -0.4 is 5.32 Å². The van der Waals surface area contributed by atoms with Crippen LogP contribution in [-0.2, 0) is 4.74 Å².